The molecule has 1 aliphatic rings. The molecule has 16 heavy (non-hydrogen) atoms. The predicted octanol–water partition coefficient (Wildman–Crippen LogP) is 3.13. The van der Waals surface area contributed by atoms with Gasteiger partial charge in [-0.2, -0.15) is 0 Å². The van der Waals surface area contributed by atoms with Gasteiger partial charge in [0.2, 0.25) is 0 Å². The van der Waals surface area contributed by atoms with Crippen molar-refractivity contribution in [1.29, 1.82) is 0 Å². The van der Waals surface area contributed by atoms with E-state index in [1.165, 1.54) is 11.3 Å². The van der Waals surface area contributed by atoms with Gasteiger partial charge in [-0.15, -0.1) is 0 Å². The first-order chi connectivity index (χ1) is 7.45. The number of carbonyl (C=O) groups is 1. The Hall–Kier alpha value is -1.57. The minimum Gasteiger partial charge on any atom is -0.366 e. The molecule has 2 heteroatoms. The van der Waals surface area contributed by atoms with Gasteiger partial charge in [-0.25, -0.2) is 0 Å². The summed E-state index contributed by atoms with van der Waals surface area (Å²) in [6.45, 7) is 6.47. The van der Waals surface area contributed by atoms with Gasteiger partial charge >= 0.3 is 0 Å². The highest BCUT2D eigenvalue weighted by molar-refractivity contribution is 5.86. The molecule has 0 aliphatic carbocycles. The number of nitrogens with zero attached hydrogens (tertiary/aromatic N) is 1. The van der Waals surface area contributed by atoms with Gasteiger partial charge in [-0.1, -0.05) is 6.08 Å². The van der Waals surface area contributed by atoms with Crippen LogP contribution in [0.3, 0.4) is 0 Å². The van der Waals surface area contributed by atoms with Crippen LogP contribution in [0.5, 0.6) is 0 Å². The Morgan fingerprint density at radius 1 is 1.31 bits per heavy atom. The van der Waals surface area contributed by atoms with Crippen molar-refractivity contribution in [3.63, 3.8) is 0 Å². The lowest BCUT2D eigenvalue weighted by Crippen LogP contribution is -2.42. The number of anilines is 1. The molecule has 0 bridgehead atoms. The van der Waals surface area contributed by atoms with Crippen molar-refractivity contribution in [2.45, 2.75) is 26.3 Å². The number of allylic oxidation sites excluding steroid dienone is 1. The standard InChI is InChI=1S/C14H17NO/c1-10-8-14(2,3)15(4)13-6-5-11(9-16)7-12(10)13/h5-9H,1-4H3. The molecule has 1 heterocycles. The zero-order chi connectivity index (χ0) is 11.9. The lowest BCUT2D eigenvalue weighted by Gasteiger charge is -2.40. The van der Waals surface area contributed by atoms with Gasteiger partial charge in [0.05, 0.1) is 5.54 Å². The SMILES string of the molecule is CC1=CC(C)(C)N(C)c2ccc(C=O)cc21. The lowest BCUT2D eigenvalue weighted by molar-refractivity contribution is 0.112. The van der Waals surface area contributed by atoms with Crippen molar-refractivity contribution in [2.75, 3.05) is 11.9 Å². The maximum Gasteiger partial charge on any atom is 0.150 e. The van der Waals surface area contributed by atoms with Crippen LogP contribution >= 0.6 is 0 Å². The molecule has 0 aromatic heterocycles. The number of carbonyl (C=O) groups excluding carboxylic acids is 1. The number of rotatable bonds is 1. The van der Waals surface area contributed by atoms with Crippen LogP contribution in [0.4, 0.5) is 5.69 Å². The third-order valence-corrected chi connectivity index (χ3v) is 3.38. The number of hydrogen-bond donors (Lipinski definition) is 0. The van der Waals surface area contributed by atoms with Crippen LogP contribution in [0.25, 0.3) is 5.57 Å². The molecule has 2 nitrogen and oxygen atoms in total. The van der Waals surface area contributed by atoms with Crippen molar-refractivity contribution in [3.05, 3.63) is 35.4 Å². The molecular formula is C14H17NO. The van der Waals surface area contributed by atoms with Crippen LogP contribution in [-0.2, 0) is 0 Å². The van der Waals surface area contributed by atoms with E-state index in [4.69, 9.17) is 0 Å². The Morgan fingerprint density at radius 2 is 2.00 bits per heavy atom. The minimum atomic E-state index is 0.0276. The molecule has 0 fully saturated rings. The Morgan fingerprint density at radius 3 is 2.62 bits per heavy atom. The van der Waals surface area contributed by atoms with Crippen LogP contribution < -0.4 is 4.90 Å². The van der Waals surface area contributed by atoms with Gasteiger partial charge in [0, 0.05) is 23.9 Å². The van der Waals surface area contributed by atoms with Gasteiger partial charge in [0.15, 0.2) is 0 Å². The molecule has 1 aromatic rings. The molecule has 0 unspecified atom stereocenters. The van der Waals surface area contributed by atoms with Gasteiger partial charge in [-0.3, -0.25) is 4.79 Å². The second kappa shape index (κ2) is 3.48. The number of likely N-dealkylation sites (N-methyl/N-ethyl adjacent to an activating group) is 1. The van der Waals surface area contributed by atoms with Crippen LogP contribution in [0.2, 0.25) is 0 Å². The highest BCUT2D eigenvalue weighted by Crippen LogP contribution is 2.37. The first-order valence-electron chi connectivity index (χ1n) is 5.48. The van der Waals surface area contributed by atoms with E-state index in [0.29, 0.717) is 0 Å². The van der Waals surface area contributed by atoms with Crippen LogP contribution in [0.1, 0.15) is 36.7 Å². The fraction of sp³-hybridized carbons (Fsp3) is 0.357. The van der Waals surface area contributed by atoms with Gasteiger partial charge in [-0.05, 0) is 44.5 Å². The smallest absolute Gasteiger partial charge is 0.150 e. The fourth-order valence-corrected chi connectivity index (χ4v) is 2.25. The summed E-state index contributed by atoms with van der Waals surface area (Å²) in [4.78, 5) is 13.0. The van der Waals surface area contributed by atoms with Crippen LogP contribution in [0.15, 0.2) is 24.3 Å². The molecule has 0 atom stereocenters. The van der Waals surface area contributed by atoms with Crippen LogP contribution in [-0.4, -0.2) is 18.9 Å². The zero-order valence-electron chi connectivity index (χ0n) is 10.2. The first kappa shape index (κ1) is 10.9. The maximum atomic E-state index is 10.8. The van der Waals surface area contributed by atoms with E-state index in [1.807, 2.05) is 18.2 Å². The van der Waals surface area contributed by atoms with Crippen molar-refractivity contribution < 1.29 is 4.79 Å². The van der Waals surface area contributed by atoms with Gasteiger partial charge in [0.25, 0.3) is 0 Å². The Labute approximate surface area is 96.6 Å². The molecular weight excluding hydrogens is 198 g/mol. The van der Waals surface area contributed by atoms with E-state index < -0.39 is 0 Å². The Balaban J connectivity index is 2.63. The molecule has 0 spiro atoms. The second-order valence-electron chi connectivity index (χ2n) is 4.93. The summed E-state index contributed by atoms with van der Waals surface area (Å²) >= 11 is 0. The van der Waals surface area contributed by atoms with E-state index in [-0.39, 0.29) is 5.54 Å². The molecule has 1 aliphatic heterocycles. The highest BCUT2D eigenvalue weighted by atomic mass is 16.1. The molecule has 1 aromatic carbocycles. The van der Waals surface area contributed by atoms with Crippen LogP contribution in [0, 0.1) is 0 Å². The van der Waals surface area contributed by atoms with Crippen molar-refractivity contribution >= 4 is 17.5 Å². The topological polar surface area (TPSA) is 20.3 Å². The number of fused-ring (bicyclic) bond motifs is 1. The van der Waals surface area contributed by atoms with Crippen molar-refractivity contribution in [3.8, 4) is 0 Å². The highest BCUT2D eigenvalue weighted by Gasteiger charge is 2.28. The normalized spacial score (nSPS) is 17.8. The molecule has 84 valence electrons. The molecule has 2 rings (SSSR count). The minimum absolute atomic E-state index is 0.0276. The van der Waals surface area contributed by atoms with E-state index in [0.717, 1.165) is 17.4 Å². The van der Waals surface area contributed by atoms with Gasteiger partial charge in [0.1, 0.15) is 6.29 Å². The average Bonchev–Trinajstić information content (AvgIpc) is 2.25. The second-order valence-corrected chi connectivity index (χ2v) is 4.93. The van der Waals surface area contributed by atoms with Crippen molar-refractivity contribution in [1.82, 2.24) is 0 Å². The van der Waals surface area contributed by atoms with E-state index in [9.17, 15) is 4.79 Å². The summed E-state index contributed by atoms with van der Waals surface area (Å²) in [6.07, 6.45) is 3.14. The summed E-state index contributed by atoms with van der Waals surface area (Å²) < 4.78 is 0. The zero-order valence-corrected chi connectivity index (χ0v) is 10.2. The third-order valence-electron chi connectivity index (χ3n) is 3.38. The molecule has 0 saturated heterocycles. The number of hydrogen-bond acceptors (Lipinski definition) is 2. The average molecular weight is 215 g/mol. The number of aldehydes is 1. The van der Waals surface area contributed by atoms with E-state index >= 15 is 0 Å². The Kier molecular flexibility index (Phi) is 2.38. The van der Waals surface area contributed by atoms with Crippen molar-refractivity contribution in [2.24, 2.45) is 0 Å². The van der Waals surface area contributed by atoms with Gasteiger partial charge < -0.3 is 4.90 Å². The summed E-state index contributed by atoms with van der Waals surface area (Å²) in [5.41, 5.74) is 4.35. The van der Waals surface area contributed by atoms with E-state index in [1.54, 1.807) is 0 Å². The quantitative estimate of drug-likeness (QED) is 0.671. The fourth-order valence-electron chi connectivity index (χ4n) is 2.25. The molecule has 0 N–H and O–H groups in total. The van der Waals surface area contributed by atoms with E-state index in [2.05, 4.69) is 38.8 Å². The largest absolute Gasteiger partial charge is 0.366 e. The lowest BCUT2D eigenvalue weighted by atomic mass is 9.89. The summed E-state index contributed by atoms with van der Waals surface area (Å²) in [5.74, 6) is 0. The predicted molar refractivity (Wildman–Crippen MR) is 68.0 cm³/mol. The first-order valence-corrected chi connectivity index (χ1v) is 5.48. The third kappa shape index (κ3) is 1.54. The summed E-state index contributed by atoms with van der Waals surface area (Å²) in [7, 11) is 2.09. The monoisotopic (exact) mass is 215 g/mol. The maximum absolute atomic E-state index is 10.8. The summed E-state index contributed by atoms with van der Waals surface area (Å²) in [6, 6.07) is 5.86. The molecule has 0 saturated carbocycles. The molecule has 0 radical (unpaired) electrons. The summed E-state index contributed by atoms with van der Waals surface area (Å²) in [5, 5.41) is 0. The molecule has 0 amide bonds. The Bertz CT molecular complexity index is 472. The number of benzene rings is 1.